The summed E-state index contributed by atoms with van der Waals surface area (Å²) in [5.41, 5.74) is 1.39. The number of carbonyl (C=O) groups excluding carboxylic acids is 1. The molecule has 0 aliphatic carbocycles. The summed E-state index contributed by atoms with van der Waals surface area (Å²) in [6.45, 7) is 1.15. The molecule has 0 unspecified atom stereocenters. The van der Waals surface area contributed by atoms with E-state index in [9.17, 15) is 4.79 Å². The molecular formula is C19H20N2O4S. The number of ether oxygens (including phenoxy) is 3. The van der Waals surface area contributed by atoms with Gasteiger partial charge >= 0.3 is 0 Å². The zero-order chi connectivity index (χ0) is 18.5. The highest BCUT2D eigenvalue weighted by atomic mass is 32.1. The van der Waals surface area contributed by atoms with Gasteiger partial charge in [0.05, 0.1) is 36.6 Å². The average Bonchev–Trinajstić information content (AvgIpc) is 3.02. The first-order valence-electron chi connectivity index (χ1n) is 8.06. The fourth-order valence-electron chi connectivity index (χ4n) is 2.63. The second-order valence-corrected chi connectivity index (χ2v) is 6.49. The molecule has 0 aliphatic rings. The largest absolute Gasteiger partial charge is 0.497 e. The van der Waals surface area contributed by atoms with Gasteiger partial charge in [-0.15, -0.1) is 0 Å². The molecule has 0 radical (unpaired) electrons. The number of carbonyl (C=O) groups is 1. The van der Waals surface area contributed by atoms with E-state index >= 15 is 0 Å². The molecule has 7 heteroatoms. The van der Waals surface area contributed by atoms with E-state index in [1.165, 1.54) is 18.4 Å². The molecule has 1 heterocycles. The van der Waals surface area contributed by atoms with E-state index in [0.717, 1.165) is 10.2 Å². The van der Waals surface area contributed by atoms with Crippen molar-refractivity contribution in [2.45, 2.75) is 6.54 Å². The van der Waals surface area contributed by atoms with Crippen LogP contribution < -0.4 is 14.3 Å². The normalized spacial score (nSPS) is 11.7. The third-order valence-electron chi connectivity index (χ3n) is 3.94. The Morgan fingerprint density at radius 3 is 2.65 bits per heavy atom. The van der Waals surface area contributed by atoms with Crippen LogP contribution >= 0.6 is 11.3 Å². The number of methoxy groups -OCH3 is 3. The van der Waals surface area contributed by atoms with Gasteiger partial charge in [-0.2, -0.15) is 4.99 Å². The second kappa shape index (κ2) is 8.16. The lowest BCUT2D eigenvalue weighted by Gasteiger charge is -2.07. The number of hydrogen-bond donors (Lipinski definition) is 0. The fraction of sp³-hybridized carbons (Fsp3) is 0.263. The topological polar surface area (TPSA) is 62.1 Å². The Labute approximate surface area is 155 Å². The third-order valence-corrected chi connectivity index (χ3v) is 5.00. The lowest BCUT2D eigenvalue weighted by Crippen LogP contribution is -2.19. The van der Waals surface area contributed by atoms with Crippen molar-refractivity contribution in [3.8, 4) is 11.5 Å². The molecule has 6 nitrogen and oxygen atoms in total. The minimum absolute atomic E-state index is 0.364. The summed E-state index contributed by atoms with van der Waals surface area (Å²) >= 11 is 1.47. The van der Waals surface area contributed by atoms with Crippen molar-refractivity contribution in [1.82, 2.24) is 4.57 Å². The van der Waals surface area contributed by atoms with Gasteiger partial charge in [0.1, 0.15) is 11.5 Å². The first-order chi connectivity index (χ1) is 12.7. The van der Waals surface area contributed by atoms with Gasteiger partial charge in [-0.3, -0.25) is 4.79 Å². The van der Waals surface area contributed by atoms with E-state index in [1.54, 1.807) is 32.4 Å². The molecule has 3 rings (SSSR count). The van der Waals surface area contributed by atoms with E-state index in [-0.39, 0.29) is 5.91 Å². The van der Waals surface area contributed by atoms with E-state index in [0.29, 0.717) is 35.0 Å². The highest BCUT2D eigenvalue weighted by molar-refractivity contribution is 7.16. The summed E-state index contributed by atoms with van der Waals surface area (Å²) in [6, 6.07) is 13.0. The first-order valence-corrected chi connectivity index (χ1v) is 8.88. The first kappa shape index (κ1) is 18.2. The zero-order valence-electron chi connectivity index (χ0n) is 14.9. The van der Waals surface area contributed by atoms with Crippen LogP contribution in [0.5, 0.6) is 11.5 Å². The van der Waals surface area contributed by atoms with Crippen LogP contribution in [0.4, 0.5) is 0 Å². The van der Waals surface area contributed by atoms with Crippen LogP contribution in [0.1, 0.15) is 10.4 Å². The van der Waals surface area contributed by atoms with Crippen molar-refractivity contribution < 1.29 is 19.0 Å². The minimum atomic E-state index is -0.376. The van der Waals surface area contributed by atoms with Crippen molar-refractivity contribution >= 4 is 27.5 Å². The van der Waals surface area contributed by atoms with Crippen molar-refractivity contribution in [2.24, 2.45) is 4.99 Å². The van der Waals surface area contributed by atoms with Gasteiger partial charge in [0.15, 0.2) is 4.80 Å². The standard InChI is InChI=1S/C19H20N2O4S/c1-23-11-10-21-15-6-4-5-7-17(15)26-19(21)20-18(22)14-12-13(24-2)8-9-16(14)25-3/h4-9,12H,10-11H2,1-3H3. The number of hydrogen-bond acceptors (Lipinski definition) is 5. The van der Waals surface area contributed by atoms with Crippen LogP contribution in [0.15, 0.2) is 47.5 Å². The maximum absolute atomic E-state index is 12.8. The Morgan fingerprint density at radius 1 is 1.12 bits per heavy atom. The van der Waals surface area contributed by atoms with Crippen LogP contribution in [-0.2, 0) is 11.3 Å². The number of benzene rings is 2. The number of thiazole rings is 1. The predicted molar refractivity (Wildman–Crippen MR) is 101 cm³/mol. The van der Waals surface area contributed by atoms with Crippen molar-refractivity contribution in [1.29, 1.82) is 0 Å². The average molecular weight is 372 g/mol. The number of aromatic nitrogens is 1. The molecule has 0 fully saturated rings. The molecule has 1 amide bonds. The van der Waals surface area contributed by atoms with Crippen LogP contribution in [0.2, 0.25) is 0 Å². The Bertz CT molecular complexity index is 991. The minimum Gasteiger partial charge on any atom is -0.497 e. The Hall–Kier alpha value is -2.64. The molecule has 0 N–H and O–H groups in total. The molecule has 0 saturated carbocycles. The van der Waals surface area contributed by atoms with E-state index in [1.807, 2.05) is 28.8 Å². The van der Waals surface area contributed by atoms with Crippen molar-refractivity contribution in [3.05, 3.63) is 52.8 Å². The fourth-order valence-corrected chi connectivity index (χ4v) is 3.69. The van der Waals surface area contributed by atoms with Gasteiger partial charge in [-0.05, 0) is 30.3 Å². The van der Waals surface area contributed by atoms with E-state index in [2.05, 4.69) is 4.99 Å². The highest BCUT2D eigenvalue weighted by Gasteiger charge is 2.14. The molecule has 0 aliphatic heterocycles. The lowest BCUT2D eigenvalue weighted by atomic mass is 10.2. The molecule has 0 bridgehead atoms. The predicted octanol–water partition coefficient (Wildman–Crippen LogP) is 3.11. The van der Waals surface area contributed by atoms with Gasteiger partial charge in [0.25, 0.3) is 5.91 Å². The van der Waals surface area contributed by atoms with Gasteiger partial charge in [0.2, 0.25) is 0 Å². The number of fused-ring (bicyclic) bond motifs is 1. The quantitative estimate of drug-likeness (QED) is 0.667. The van der Waals surface area contributed by atoms with Gasteiger partial charge < -0.3 is 18.8 Å². The van der Waals surface area contributed by atoms with Gasteiger partial charge in [-0.25, -0.2) is 0 Å². The van der Waals surface area contributed by atoms with Crippen LogP contribution in [-0.4, -0.2) is 38.4 Å². The lowest BCUT2D eigenvalue weighted by molar-refractivity contribution is 0.0994. The van der Waals surface area contributed by atoms with Crippen LogP contribution in [0.3, 0.4) is 0 Å². The summed E-state index contributed by atoms with van der Waals surface area (Å²) in [6.07, 6.45) is 0. The number of amides is 1. The van der Waals surface area contributed by atoms with E-state index < -0.39 is 0 Å². The highest BCUT2D eigenvalue weighted by Crippen LogP contribution is 2.25. The SMILES string of the molecule is COCCn1c(=NC(=O)c2cc(OC)ccc2OC)sc2ccccc21. The molecule has 0 saturated heterocycles. The molecule has 136 valence electrons. The molecule has 0 atom stereocenters. The second-order valence-electron chi connectivity index (χ2n) is 5.48. The van der Waals surface area contributed by atoms with Crippen LogP contribution in [0, 0.1) is 0 Å². The zero-order valence-corrected chi connectivity index (χ0v) is 15.7. The summed E-state index contributed by atoms with van der Waals surface area (Å²) in [7, 11) is 4.73. The molecule has 26 heavy (non-hydrogen) atoms. The van der Waals surface area contributed by atoms with Crippen molar-refractivity contribution in [2.75, 3.05) is 27.9 Å². The van der Waals surface area contributed by atoms with Crippen molar-refractivity contribution in [3.63, 3.8) is 0 Å². The molecule has 0 spiro atoms. The van der Waals surface area contributed by atoms with Gasteiger partial charge in [-0.1, -0.05) is 23.5 Å². The molecule has 3 aromatic rings. The van der Waals surface area contributed by atoms with Crippen LogP contribution in [0.25, 0.3) is 10.2 Å². The smallest absolute Gasteiger partial charge is 0.283 e. The maximum Gasteiger partial charge on any atom is 0.283 e. The number of para-hydroxylation sites is 1. The number of rotatable bonds is 6. The van der Waals surface area contributed by atoms with E-state index in [4.69, 9.17) is 14.2 Å². The number of nitrogens with zero attached hydrogens (tertiary/aromatic N) is 2. The third kappa shape index (κ3) is 3.63. The monoisotopic (exact) mass is 372 g/mol. The summed E-state index contributed by atoms with van der Waals surface area (Å²) in [5, 5.41) is 0. The summed E-state index contributed by atoms with van der Waals surface area (Å²) in [5.74, 6) is 0.663. The van der Waals surface area contributed by atoms with Gasteiger partial charge in [0, 0.05) is 13.7 Å². The molecule has 1 aromatic heterocycles. The summed E-state index contributed by atoms with van der Waals surface area (Å²) in [4.78, 5) is 17.8. The Morgan fingerprint density at radius 2 is 1.92 bits per heavy atom. The molecule has 2 aromatic carbocycles. The maximum atomic E-state index is 12.8. The Kier molecular flexibility index (Phi) is 5.70. The molecular weight excluding hydrogens is 352 g/mol. The summed E-state index contributed by atoms with van der Waals surface area (Å²) < 4.78 is 18.8. The Balaban J connectivity index is 2.11.